The number of hydrogen-bond donors (Lipinski definition) is 3. The molecule has 0 aliphatic carbocycles. The minimum absolute atomic E-state index is 0.0200. The Morgan fingerprint density at radius 2 is 0.528 bits per heavy atom. The van der Waals surface area contributed by atoms with E-state index in [-0.39, 0.29) is 18.5 Å². The summed E-state index contributed by atoms with van der Waals surface area (Å²) in [6.07, 6.45) is 102. The van der Waals surface area contributed by atoms with E-state index in [1.165, 1.54) is 405 Å². The average Bonchev–Trinajstić information content (AvgIpc) is 3.56. The molecule has 3 N–H and O–H groups in total. The van der Waals surface area contributed by atoms with Crippen LogP contribution in [0.2, 0.25) is 0 Å². The van der Waals surface area contributed by atoms with Crippen molar-refractivity contribution in [1.82, 2.24) is 5.32 Å². The van der Waals surface area contributed by atoms with E-state index < -0.39 is 12.1 Å². The van der Waals surface area contributed by atoms with Gasteiger partial charge >= 0.3 is 5.97 Å². The standard InChI is InChI=1S/C83H161NO5/c1-3-5-7-9-11-13-15-17-19-21-23-24-25-33-36-40-43-47-51-55-59-63-67-71-75-81(86)80(79-85)84-82(87)76-72-68-64-60-56-52-48-44-41-37-34-31-29-27-26-28-30-32-35-38-42-46-50-54-58-62-66-70-74-78-89-83(88)77-73-69-65-61-57-53-49-45-39-22-20-18-16-14-12-10-8-6-4-2/h18,20,71,75,80-81,85-86H,3-17,19,21-70,72-74,76-79H2,1-2H3,(H,84,87)/b20-18-,75-71+. The smallest absolute Gasteiger partial charge is 0.305 e. The van der Waals surface area contributed by atoms with E-state index in [0.717, 1.165) is 38.5 Å². The molecule has 0 saturated heterocycles. The number of allylic oxidation sites excluding steroid dienone is 3. The van der Waals surface area contributed by atoms with Crippen LogP contribution in [0.1, 0.15) is 470 Å². The molecule has 6 heteroatoms. The first-order valence-corrected chi connectivity index (χ1v) is 41.1. The molecule has 89 heavy (non-hydrogen) atoms. The van der Waals surface area contributed by atoms with Crippen LogP contribution < -0.4 is 5.32 Å². The summed E-state index contributed by atoms with van der Waals surface area (Å²) in [4.78, 5) is 24.7. The Hall–Kier alpha value is -1.66. The highest BCUT2D eigenvalue weighted by Gasteiger charge is 2.18. The van der Waals surface area contributed by atoms with E-state index >= 15 is 0 Å². The molecule has 0 bridgehead atoms. The monoisotopic (exact) mass is 1250 g/mol. The molecule has 0 aromatic rings. The van der Waals surface area contributed by atoms with Gasteiger partial charge in [-0.05, 0) is 57.8 Å². The molecule has 0 aromatic heterocycles. The van der Waals surface area contributed by atoms with Crippen molar-refractivity contribution in [1.29, 1.82) is 0 Å². The van der Waals surface area contributed by atoms with Crippen LogP contribution in [0.5, 0.6) is 0 Å². The molecule has 2 atom stereocenters. The lowest BCUT2D eigenvalue weighted by Gasteiger charge is -2.20. The first kappa shape index (κ1) is 87.3. The molecule has 0 radical (unpaired) electrons. The predicted octanol–water partition coefficient (Wildman–Crippen LogP) is 27.2. The number of unbranched alkanes of at least 4 members (excludes halogenated alkanes) is 65. The van der Waals surface area contributed by atoms with Crippen molar-refractivity contribution in [2.24, 2.45) is 0 Å². The number of ether oxygens (including phenoxy) is 1. The molecule has 0 aromatic carbocycles. The molecule has 1 amide bonds. The Labute approximate surface area is 558 Å². The summed E-state index contributed by atoms with van der Waals surface area (Å²) >= 11 is 0. The van der Waals surface area contributed by atoms with Crippen molar-refractivity contribution < 1.29 is 24.5 Å². The van der Waals surface area contributed by atoms with Gasteiger partial charge in [0, 0.05) is 12.8 Å². The van der Waals surface area contributed by atoms with E-state index in [0.29, 0.717) is 19.4 Å². The third-order valence-electron chi connectivity index (χ3n) is 19.5. The zero-order valence-electron chi connectivity index (χ0n) is 60.7. The average molecular weight is 1250 g/mol. The van der Waals surface area contributed by atoms with Gasteiger partial charge in [-0.15, -0.1) is 0 Å². The number of carbonyl (C=O) groups excluding carboxylic acids is 2. The van der Waals surface area contributed by atoms with Crippen LogP contribution in [0, 0.1) is 0 Å². The van der Waals surface area contributed by atoms with Gasteiger partial charge in [-0.25, -0.2) is 0 Å². The van der Waals surface area contributed by atoms with Gasteiger partial charge in [-0.3, -0.25) is 9.59 Å². The topological polar surface area (TPSA) is 95.9 Å². The van der Waals surface area contributed by atoms with Gasteiger partial charge < -0.3 is 20.3 Å². The van der Waals surface area contributed by atoms with Gasteiger partial charge in [-0.1, -0.05) is 423 Å². The number of nitrogens with one attached hydrogen (secondary N) is 1. The maximum atomic E-state index is 12.6. The summed E-state index contributed by atoms with van der Waals surface area (Å²) in [5, 5.41) is 23.3. The third kappa shape index (κ3) is 75.3. The first-order chi connectivity index (χ1) is 44.0. The summed E-state index contributed by atoms with van der Waals surface area (Å²) < 4.78 is 5.52. The van der Waals surface area contributed by atoms with E-state index in [2.05, 4.69) is 31.3 Å². The van der Waals surface area contributed by atoms with Crippen LogP contribution in [-0.2, 0) is 14.3 Å². The van der Waals surface area contributed by atoms with E-state index in [9.17, 15) is 19.8 Å². The van der Waals surface area contributed by atoms with E-state index in [1.54, 1.807) is 6.08 Å². The number of esters is 1. The van der Waals surface area contributed by atoms with Crippen LogP contribution in [0.15, 0.2) is 24.3 Å². The highest BCUT2D eigenvalue weighted by molar-refractivity contribution is 5.76. The molecule has 0 aliphatic heterocycles. The van der Waals surface area contributed by atoms with Gasteiger partial charge in [0.25, 0.3) is 0 Å². The summed E-state index contributed by atoms with van der Waals surface area (Å²) in [5.74, 6) is -0.0389. The van der Waals surface area contributed by atoms with Crippen LogP contribution in [0.25, 0.3) is 0 Å². The van der Waals surface area contributed by atoms with Crippen molar-refractivity contribution >= 4 is 11.9 Å². The molecular formula is C83H161NO5. The Morgan fingerprint density at radius 1 is 0.303 bits per heavy atom. The molecule has 6 nitrogen and oxygen atoms in total. The van der Waals surface area contributed by atoms with Crippen molar-refractivity contribution in [3.05, 3.63) is 24.3 Å². The third-order valence-corrected chi connectivity index (χ3v) is 19.5. The lowest BCUT2D eigenvalue weighted by Crippen LogP contribution is -2.45. The first-order valence-electron chi connectivity index (χ1n) is 41.1. The number of amides is 1. The molecular weight excluding hydrogens is 1090 g/mol. The Bertz CT molecular complexity index is 1400. The van der Waals surface area contributed by atoms with Crippen LogP contribution >= 0.6 is 0 Å². The highest BCUT2D eigenvalue weighted by Crippen LogP contribution is 2.20. The van der Waals surface area contributed by atoms with Crippen LogP contribution in [-0.4, -0.2) is 47.4 Å². The lowest BCUT2D eigenvalue weighted by molar-refractivity contribution is -0.143. The number of rotatable bonds is 78. The van der Waals surface area contributed by atoms with Crippen molar-refractivity contribution in [2.75, 3.05) is 13.2 Å². The Morgan fingerprint density at radius 3 is 0.798 bits per heavy atom. The lowest BCUT2D eigenvalue weighted by atomic mass is 10.0. The van der Waals surface area contributed by atoms with E-state index in [1.807, 2.05) is 6.08 Å². The molecule has 0 fully saturated rings. The van der Waals surface area contributed by atoms with Crippen LogP contribution in [0.3, 0.4) is 0 Å². The second kappa shape index (κ2) is 78.8. The predicted molar refractivity (Wildman–Crippen MR) is 393 cm³/mol. The summed E-state index contributed by atoms with van der Waals surface area (Å²) in [6, 6.07) is -0.627. The summed E-state index contributed by atoms with van der Waals surface area (Å²) in [6.45, 7) is 4.96. The van der Waals surface area contributed by atoms with Gasteiger partial charge in [0.15, 0.2) is 0 Å². The SMILES string of the molecule is CCCCCCCC/C=C\CCCCCCCCCCCC(=O)OCCCCCCCCCCCCCCCCCCCCCCCCCCCCCCCC(=O)NC(CO)C(O)/C=C/CCCCCCCCCCCCCCCCCCCCCCCC. The number of aliphatic hydroxyl groups is 2. The van der Waals surface area contributed by atoms with Gasteiger partial charge in [0.1, 0.15) is 0 Å². The molecule has 0 saturated carbocycles. The fourth-order valence-corrected chi connectivity index (χ4v) is 13.2. The van der Waals surface area contributed by atoms with Crippen molar-refractivity contribution in [2.45, 2.75) is 482 Å². The highest BCUT2D eigenvalue weighted by atomic mass is 16.5. The quantitative estimate of drug-likeness (QED) is 0.0320. The van der Waals surface area contributed by atoms with Gasteiger partial charge in [0.2, 0.25) is 5.91 Å². The summed E-state index contributed by atoms with van der Waals surface area (Å²) in [7, 11) is 0. The number of aliphatic hydroxyl groups excluding tert-OH is 2. The summed E-state index contributed by atoms with van der Waals surface area (Å²) in [5.41, 5.74) is 0. The Kier molecular flexibility index (Phi) is 77.3. The number of carbonyl (C=O) groups is 2. The number of hydrogen-bond acceptors (Lipinski definition) is 5. The second-order valence-electron chi connectivity index (χ2n) is 28.5. The molecule has 0 heterocycles. The second-order valence-corrected chi connectivity index (χ2v) is 28.5. The molecule has 0 rings (SSSR count). The molecule has 0 spiro atoms. The fourth-order valence-electron chi connectivity index (χ4n) is 13.2. The Balaban J connectivity index is 3.35. The normalized spacial score (nSPS) is 12.5. The molecule has 528 valence electrons. The van der Waals surface area contributed by atoms with Gasteiger partial charge in [-0.2, -0.15) is 0 Å². The largest absolute Gasteiger partial charge is 0.466 e. The van der Waals surface area contributed by atoms with Crippen molar-refractivity contribution in [3.8, 4) is 0 Å². The fraction of sp³-hybridized carbons (Fsp3) is 0.928. The minimum Gasteiger partial charge on any atom is -0.466 e. The molecule has 0 aliphatic rings. The van der Waals surface area contributed by atoms with Crippen LogP contribution in [0.4, 0.5) is 0 Å². The zero-order chi connectivity index (χ0) is 64.2. The zero-order valence-corrected chi connectivity index (χ0v) is 60.7. The minimum atomic E-state index is -0.844. The maximum absolute atomic E-state index is 12.6. The van der Waals surface area contributed by atoms with Gasteiger partial charge in [0.05, 0.1) is 25.4 Å². The van der Waals surface area contributed by atoms with Crippen molar-refractivity contribution in [3.63, 3.8) is 0 Å². The molecule has 2 unspecified atom stereocenters. The maximum Gasteiger partial charge on any atom is 0.305 e. The van der Waals surface area contributed by atoms with E-state index in [4.69, 9.17) is 4.74 Å².